The molecule has 0 aliphatic rings. The maximum Gasteiger partial charge on any atom is 0.419 e. The summed E-state index contributed by atoms with van der Waals surface area (Å²) in [7, 11) is 0. The van der Waals surface area contributed by atoms with E-state index in [2.05, 4.69) is 9.47 Å². The zero-order valence-electron chi connectivity index (χ0n) is 30.4. The topological polar surface area (TPSA) is 83.1 Å². The highest BCUT2D eigenvalue weighted by Crippen LogP contribution is 2.39. The molecule has 0 saturated carbocycles. The second-order valence-corrected chi connectivity index (χ2v) is 12.4. The van der Waals surface area contributed by atoms with Gasteiger partial charge in [-0.2, -0.15) is 35.1 Å². The first kappa shape index (κ1) is 48.1. The molecule has 0 aliphatic carbocycles. The van der Waals surface area contributed by atoms with Crippen LogP contribution in [-0.4, -0.2) is 126 Å². The summed E-state index contributed by atoms with van der Waals surface area (Å²) in [6.45, 7) is 15.2. The molecule has 0 radical (unpaired) electrons. The molecule has 0 heterocycles. The van der Waals surface area contributed by atoms with Crippen molar-refractivity contribution in [1.29, 1.82) is 0 Å². The molecule has 8 atom stereocenters. The van der Waals surface area contributed by atoms with Gasteiger partial charge in [-0.25, -0.2) is 0 Å². The molecule has 0 fully saturated rings. The van der Waals surface area contributed by atoms with E-state index in [1.165, 1.54) is 13.8 Å². The van der Waals surface area contributed by atoms with Crippen molar-refractivity contribution in [2.75, 3.05) is 52.9 Å². The summed E-state index contributed by atoms with van der Waals surface area (Å²) in [6, 6.07) is 0. The molecule has 49 heavy (non-hydrogen) atoms. The summed E-state index contributed by atoms with van der Waals surface area (Å²) < 4.78 is 155. The van der Waals surface area contributed by atoms with Crippen molar-refractivity contribution in [2.45, 2.75) is 155 Å². The van der Waals surface area contributed by atoms with Gasteiger partial charge in [0.1, 0.15) is 0 Å². The average molecular weight is 739 g/mol. The summed E-state index contributed by atoms with van der Waals surface area (Å²) in [5, 5.41) is 0. The molecule has 9 nitrogen and oxygen atoms in total. The third kappa shape index (κ3) is 20.0. The standard InChI is InChI=1S/C32H58F8O9/c1-11-29(33,34)31(37,38)48-20-27(9)46-18-25(7)44-16-23(5)42-14-21(3)41-13-22(4)43-15-24(6)45-17-26(8)47-19-28(10)49-32(39,40)30(35,36)12-2/h21-28H,11-20H2,1-10H3. The molecule has 296 valence electrons. The smallest absolute Gasteiger partial charge is 0.373 e. The second-order valence-electron chi connectivity index (χ2n) is 12.4. The van der Waals surface area contributed by atoms with E-state index >= 15 is 0 Å². The van der Waals surface area contributed by atoms with Gasteiger partial charge in [-0.05, 0) is 55.4 Å². The number of halogens is 8. The third-order valence-electron chi connectivity index (χ3n) is 6.90. The number of ether oxygens (including phenoxy) is 9. The third-order valence-corrected chi connectivity index (χ3v) is 6.90. The zero-order chi connectivity index (χ0) is 38.1. The largest absolute Gasteiger partial charge is 0.419 e. The van der Waals surface area contributed by atoms with Gasteiger partial charge in [-0.15, -0.1) is 0 Å². The molecule has 0 rings (SSSR count). The van der Waals surface area contributed by atoms with Gasteiger partial charge in [0.25, 0.3) is 0 Å². The summed E-state index contributed by atoms with van der Waals surface area (Å²) in [5.41, 5.74) is 0. The molecular weight excluding hydrogens is 680 g/mol. The summed E-state index contributed by atoms with van der Waals surface area (Å²) in [5.74, 6) is -8.54. The number of alkyl halides is 8. The van der Waals surface area contributed by atoms with Crippen LogP contribution in [-0.2, 0) is 42.6 Å². The van der Waals surface area contributed by atoms with E-state index in [0.29, 0.717) is 0 Å². The van der Waals surface area contributed by atoms with E-state index in [-0.39, 0.29) is 70.7 Å². The van der Waals surface area contributed by atoms with E-state index in [9.17, 15) is 35.1 Å². The van der Waals surface area contributed by atoms with E-state index < -0.39 is 67.9 Å². The SMILES string of the molecule is CCC(F)(F)C(F)(F)OCC(C)OCC(C)OCC(C)OCC(C)OCC(C)OCC(C)OCC(C)OCC(C)OC(F)(F)C(F)(F)CC. The van der Waals surface area contributed by atoms with Gasteiger partial charge >= 0.3 is 24.1 Å². The first-order chi connectivity index (χ1) is 22.5. The Kier molecular flexibility index (Phi) is 22.5. The summed E-state index contributed by atoms with van der Waals surface area (Å²) in [6.07, 6.45) is -15.5. The normalized spacial score (nSPS) is 18.5. The van der Waals surface area contributed by atoms with Crippen LogP contribution in [0.5, 0.6) is 0 Å². The quantitative estimate of drug-likeness (QED) is 0.0696. The van der Waals surface area contributed by atoms with Crippen LogP contribution in [0.3, 0.4) is 0 Å². The van der Waals surface area contributed by atoms with Crippen LogP contribution < -0.4 is 0 Å². The number of rotatable bonds is 30. The predicted molar refractivity (Wildman–Crippen MR) is 165 cm³/mol. The molecule has 17 heteroatoms. The molecule has 0 aliphatic heterocycles. The van der Waals surface area contributed by atoms with E-state index in [0.717, 1.165) is 13.8 Å². The van der Waals surface area contributed by atoms with Crippen LogP contribution in [0.25, 0.3) is 0 Å². The first-order valence-corrected chi connectivity index (χ1v) is 16.6. The molecule has 0 spiro atoms. The Labute approximate surface area is 285 Å². The minimum absolute atomic E-state index is 0.0320. The van der Waals surface area contributed by atoms with Crippen molar-refractivity contribution >= 4 is 0 Å². The van der Waals surface area contributed by atoms with Gasteiger partial charge in [0.2, 0.25) is 0 Å². The van der Waals surface area contributed by atoms with Crippen LogP contribution in [0.1, 0.15) is 82.1 Å². The van der Waals surface area contributed by atoms with Crippen molar-refractivity contribution in [3.05, 3.63) is 0 Å². The Morgan fingerprint density at radius 1 is 0.347 bits per heavy atom. The lowest BCUT2D eigenvalue weighted by Crippen LogP contribution is -2.45. The summed E-state index contributed by atoms with van der Waals surface area (Å²) >= 11 is 0. The van der Waals surface area contributed by atoms with E-state index in [4.69, 9.17) is 33.2 Å². The average Bonchev–Trinajstić information content (AvgIpc) is 3.03. The van der Waals surface area contributed by atoms with Crippen molar-refractivity contribution in [3.8, 4) is 0 Å². The molecule has 8 unspecified atom stereocenters. The molecule has 0 bridgehead atoms. The Hall–Kier alpha value is -0.920. The highest BCUT2D eigenvalue weighted by atomic mass is 19.3. The first-order valence-electron chi connectivity index (χ1n) is 16.6. The van der Waals surface area contributed by atoms with Gasteiger partial charge in [-0.1, -0.05) is 13.8 Å². The molecule has 0 amide bonds. The summed E-state index contributed by atoms with van der Waals surface area (Å²) in [4.78, 5) is 0. The van der Waals surface area contributed by atoms with Crippen LogP contribution in [0, 0.1) is 0 Å². The predicted octanol–water partition coefficient (Wildman–Crippen LogP) is 7.52. The number of hydrogen-bond acceptors (Lipinski definition) is 9. The van der Waals surface area contributed by atoms with Gasteiger partial charge < -0.3 is 42.6 Å². The zero-order valence-corrected chi connectivity index (χ0v) is 30.4. The van der Waals surface area contributed by atoms with Crippen LogP contribution >= 0.6 is 0 Å². The maximum absolute atomic E-state index is 13.6. The lowest BCUT2D eigenvalue weighted by Gasteiger charge is -2.28. The molecule has 0 aromatic heterocycles. The highest BCUT2D eigenvalue weighted by Gasteiger charge is 2.57. The van der Waals surface area contributed by atoms with Crippen LogP contribution in [0.4, 0.5) is 35.1 Å². The molecule has 0 N–H and O–H groups in total. The number of hydrogen-bond donors (Lipinski definition) is 0. The lowest BCUT2D eigenvalue weighted by molar-refractivity contribution is -0.363. The Bertz CT molecular complexity index is 859. The fourth-order valence-electron chi connectivity index (χ4n) is 3.55. The Balaban J connectivity index is 4.11. The minimum Gasteiger partial charge on any atom is -0.373 e. The van der Waals surface area contributed by atoms with E-state index in [1.54, 1.807) is 27.7 Å². The van der Waals surface area contributed by atoms with Gasteiger partial charge in [-0.3, -0.25) is 0 Å². The fourth-order valence-corrected chi connectivity index (χ4v) is 3.55. The molecule has 0 saturated heterocycles. The van der Waals surface area contributed by atoms with Gasteiger partial charge in [0.15, 0.2) is 0 Å². The van der Waals surface area contributed by atoms with Crippen molar-refractivity contribution in [3.63, 3.8) is 0 Å². The molecule has 0 aromatic rings. The van der Waals surface area contributed by atoms with Gasteiger partial charge in [0, 0.05) is 12.8 Å². The fraction of sp³-hybridized carbons (Fsp3) is 1.00. The van der Waals surface area contributed by atoms with Gasteiger partial charge in [0.05, 0.1) is 102 Å². The minimum atomic E-state index is -4.60. The van der Waals surface area contributed by atoms with E-state index in [1.807, 2.05) is 13.8 Å². The molecule has 0 aromatic carbocycles. The van der Waals surface area contributed by atoms with Crippen LogP contribution in [0.15, 0.2) is 0 Å². The van der Waals surface area contributed by atoms with Crippen LogP contribution in [0.2, 0.25) is 0 Å². The van der Waals surface area contributed by atoms with Crippen molar-refractivity contribution in [2.24, 2.45) is 0 Å². The Morgan fingerprint density at radius 3 is 0.837 bits per heavy atom. The molecular formula is C32H58F8O9. The lowest BCUT2D eigenvalue weighted by atomic mass is 10.2. The van der Waals surface area contributed by atoms with Crippen molar-refractivity contribution < 1.29 is 77.8 Å². The van der Waals surface area contributed by atoms with Crippen molar-refractivity contribution in [1.82, 2.24) is 0 Å². The highest BCUT2D eigenvalue weighted by molar-refractivity contribution is 4.77. The second kappa shape index (κ2) is 22.9. The maximum atomic E-state index is 13.6. The Morgan fingerprint density at radius 2 is 0.571 bits per heavy atom. The monoisotopic (exact) mass is 738 g/mol.